The summed E-state index contributed by atoms with van der Waals surface area (Å²) < 4.78 is 7.94. The number of aromatic nitrogens is 2. The first-order valence-electron chi connectivity index (χ1n) is 9.00. The van der Waals surface area contributed by atoms with Crippen molar-refractivity contribution in [2.45, 2.75) is 45.8 Å². The van der Waals surface area contributed by atoms with Crippen molar-refractivity contribution in [1.82, 2.24) is 9.55 Å². The largest absolute Gasteiger partial charge is 0.494 e. The van der Waals surface area contributed by atoms with Crippen molar-refractivity contribution in [2.24, 2.45) is 0 Å². The van der Waals surface area contributed by atoms with E-state index in [-0.39, 0.29) is 6.61 Å². The Morgan fingerprint density at radius 3 is 2.60 bits per heavy atom. The van der Waals surface area contributed by atoms with Crippen LogP contribution in [0.4, 0.5) is 0 Å². The van der Waals surface area contributed by atoms with E-state index in [1.54, 1.807) is 0 Å². The van der Waals surface area contributed by atoms with Gasteiger partial charge in [-0.25, -0.2) is 4.98 Å². The van der Waals surface area contributed by atoms with Gasteiger partial charge in [0.1, 0.15) is 18.2 Å². The van der Waals surface area contributed by atoms with Crippen molar-refractivity contribution >= 4 is 11.0 Å². The molecule has 0 aliphatic rings. The molecule has 1 heterocycles. The van der Waals surface area contributed by atoms with Gasteiger partial charge in [0.2, 0.25) is 0 Å². The molecule has 0 spiro atoms. The highest BCUT2D eigenvalue weighted by Crippen LogP contribution is 2.22. The molecule has 1 N–H and O–H groups in total. The zero-order valence-corrected chi connectivity index (χ0v) is 15.0. The average molecular weight is 338 g/mol. The van der Waals surface area contributed by atoms with Crippen molar-refractivity contribution in [3.05, 3.63) is 59.9 Å². The zero-order valence-electron chi connectivity index (χ0n) is 15.0. The van der Waals surface area contributed by atoms with E-state index in [9.17, 15) is 5.11 Å². The van der Waals surface area contributed by atoms with Gasteiger partial charge in [-0.15, -0.1) is 0 Å². The van der Waals surface area contributed by atoms with E-state index in [1.807, 2.05) is 36.4 Å². The summed E-state index contributed by atoms with van der Waals surface area (Å²) >= 11 is 0. The summed E-state index contributed by atoms with van der Waals surface area (Å²) in [6.45, 7) is 5.81. The van der Waals surface area contributed by atoms with Crippen LogP contribution in [0.3, 0.4) is 0 Å². The molecule has 0 radical (unpaired) electrons. The molecule has 4 heteroatoms. The quantitative estimate of drug-likeness (QED) is 0.615. The second-order valence-corrected chi connectivity index (χ2v) is 6.41. The molecule has 0 saturated heterocycles. The molecule has 0 unspecified atom stereocenters. The summed E-state index contributed by atoms with van der Waals surface area (Å²) in [6, 6.07) is 16.4. The summed E-state index contributed by atoms with van der Waals surface area (Å²) in [7, 11) is 0. The van der Waals surface area contributed by atoms with Crippen LogP contribution in [-0.2, 0) is 13.2 Å². The predicted octanol–water partition coefficient (Wildman–Crippen LogP) is 4.51. The van der Waals surface area contributed by atoms with Gasteiger partial charge in [-0.2, -0.15) is 0 Å². The fourth-order valence-electron chi connectivity index (χ4n) is 3.04. The normalized spacial score (nSPS) is 12.4. The van der Waals surface area contributed by atoms with Crippen LogP contribution in [-0.4, -0.2) is 21.3 Å². The number of aliphatic hydroxyl groups is 1. The van der Waals surface area contributed by atoms with E-state index >= 15 is 0 Å². The van der Waals surface area contributed by atoms with E-state index in [4.69, 9.17) is 4.74 Å². The second-order valence-electron chi connectivity index (χ2n) is 6.41. The summed E-state index contributed by atoms with van der Waals surface area (Å²) in [6.07, 6.45) is 2.01. The molecule has 25 heavy (non-hydrogen) atoms. The van der Waals surface area contributed by atoms with Crippen LogP contribution in [0, 0.1) is 0 Å². The van der Waals surface area contributed by atoms with E-state index in [1.165, 1.54) is 5.56 Å². The fraction of sp³-hybridized carbons (Fsp3) is 0.381. The molecule has 4 nitrogen and oxygen atoms in total. The van der Waals surface area contributed by atoms with Gasteiger partial charge < -0.3 is 14.4 Å². The molecular weight excluding hydrogens is 312 g/mol. The molecule has 0 aliphatic heterocycles. The lowest BCUT2D eigenvalue weighted by Gasteiger charge is -2.11. The minimum atomic E-state index is -0.0490. The van der Waals surface area contributed by atoms with Crippen LogP contribution in [0.5, 0.6) is 5.75 Å². The van der Waals surface area contributed by atoms with Gasteiger partial charge in [-0.3, -0.25) is 0 Å². The monoisotopic (exact) mass is 338 g/mol. The number of para-hydroxylation sites is 2. The van der Waals surface area contributed by atoms with Crippen LogP contribution in [0.1, 0.15) is 44.0 Å². The van der Waals surface area contributed by atoms with Gasteiger partial charge in [0, 0.05) is 6.54 Å². The van der Waals surface area contributed by atoms with Gasteiger partial charge in [0.15, 0.2) is 0 Å². The number of ether oxygens (including phenoxy) is 1. The summed E-state index contributed by atoms with van der Waals surface area (Å²) in [5.41, 5.74) is 3.34. The number of rotatable bonds is 8. The molecule has 1 aromatic heterocycles. The Bertz CT molecular complexity index is 808. The van der Waals surface area contributed by atoms with Crippen LogP contribution < -0.4 is 4.74 Å². The van der Waals surface area contributed by atoms with Gasteiger partial charge in [-0.05, 0) is 48.6 Å². The van der Waals surface area contributed by atoms with E-state index in [0.717, 1.165) is 36.2 Å². The molecule has 132 valence electrons. The number of fused-ring (bicyclic) bond motifs is 1. The maximum atomic E-state index is 9.53. The van der Waals surface area contributed by atoms with Crippen molar-refractivity contribution in [3.63, 3.8) is 0 Å². The standard InChI is InChI=1S/C21H26N2O2/c1-3-16(2)17-9-11-18(12-10-17)25-14-6-13-23-20-8-5-4-7-19(20)22-21(23)15-24/h4-5,7-12,16,24H,3,6,13-15H2,1-2H3/t16-/m1/s1. The van der Waals surface area contributed by atoms with E-state index in [2.05, 4.69) is 35.5 Å². The summed E-state index contributed by atoms with van der Waals surface area (Å²) in [5.74, 6) is 2.20. The van der Waals surface area contributed by atoms with Crippen LogP contribution in [0.25, 0.3) is 11.0 Å². The lowest BCUT2D eigenvalue weighted by molar-refractivity contribution is 0.261. The van der Waals surface area contributed by atoms with E-state index < -0.39 is 0 Å². The topological polar surface area (TPSA) is 47.3 Å². The maximum Gasteiger partial charge on any atom is 0.135 e. The Kier molecular flexibility index (Phi) is 5.71. The van der Waals surface area contributed by atoms with Crippen molar-refractivity contribution < 1.29 is 9.84 Å². The Labute approximate surface area is 149 Å². The first-order valence-corrected chi connectivity index (χ1v) is 9.00. The molecule has 3 rings (SSSR count). The molecule has 0 amide bonds. The number of hydrogen-bond acceptors (Lipinski definition) is 3. The third-order valence-corrected chi connectivity index (χ3v) is 4.73. The summed E-state index contributed by atoms with van der Waals surface area (Å²) in [5, 5.41) is 9.53. The number of nitrogens with zero attached hydrogens (tertiary/aromatic N) is 2. The highest BCUT2D eigenvalue weighted by Gasteiger charge is 2.09. The highest BCUT2D eigenvalue weighted by atomic mass is 16.5. The number of aryl methyl sites for hydroxylation is 1. The smallest absolute Gasteiger partial charge is 0.135 e. The number of hydrogen-bond donors (Lipinski definition) is 1. The number of benzene rings is 2. The lowest BCUT2D eigenvalue weighted by Crippen LogP contribution is -2.08. The number of imidazole rings is 1. The molecule has 2 aromatic carbocycles. The van der Waals surface area contributed by atoms with Crippen LogP contribution in [0.15, 0.2) is 48.5 Å². The van der Waals surface area contributed by atoms with E-state index in [0.29, 0.717) is 18.3 Å². The first kappa shape index (κ1) is 17.5. The zero-order chi connectivity index (χ0) is 17.6. The van der Waals surface area contributed by atoms with Gasteiger partial charge in [0.25, 0.3) is 0 Å². The maximum absolute atomic E-state index is 9.53. The first-order chi connectivity index (χ1) is 12.2. The Morgan fingerprint density at radius 2 is 1.88 bits per heavy atom. The van der Waals surface area contributed by atoms with Gasteiger partial charge >= 0.3 is 0 Å². The molecule has 0 fully saturated rings. The van der Waals surface area contributed by atoms with Crippen molar-refractivity contribution in [1.29, 1.82) is 0 Å². The lowest BCUT2D eigenvalue weighted by atomic mass is 9.99. The van der Waals surface area contributed by atoms with Gasteiger partial charge in [0.05, 0.1) is 17.6 Å². The molecule has 0 aliphatic carbocycles. The summed E-state index contributed by atoms with van der Waals surface area (Å²) in [4.78, 5) is 4.47. The third kappa shape index (κ3) is 4.02. The predicted molar refractivity (Wildman–Crippen MR) is 101 cm³/mol. The minimum absolute atomic E-state index is 0.0490. The molecule has 3 aromatic rings. The SMILES string of the molecule is CC[C@@H](C)c1ccc(OCCCn2c(CO)nc3ccccc32)cc1. The third-order valence-electron chi connectivity index (χ3n) is 4.73. The number of aliphatic hydroxyl groups excluding tert-OH is 1. The van der Waals surface area contributed by atoms with Crippen LogP contribution >= 0.6 is 0 Å². The molecular formula is C21H26N2O2. The van der Waals surface area contributed by atoms with Gasteiger partial charge in [-0.1, -0.05) is 38.1 Å². The highest BCUT2D eigenvalue weighted by molar-refractivity contribution is 5.75. The molecule has 0 saturated carbocycles. The Balaban J connectivity index is 1.57. The molecule has 1 atom stereocenters. The Morgan fingerprint density at radius 1 is 1.12 bits per heavy atom. The minimum Gasteiger partial charge on any atom is -0.494 e. The van der Waals surface area contributed by atoms with Crippen molar-refractivity contribution in [3.8, 4) is 5.75 Å². The molecule has 0 bridgehead atoms. The second kappa shape index (κ2) is 8.17. The fourth-order valence-corrected chi connectivity index (χ4v) is 3.04. The van der Waals surface area contributed by atoms with Crippen molar-refractivity contribution in [2.75, 3.05) is 6.61 Å². The average Bonchev–Trinajstić information content (AvgIpc) is 3.03. The Hall–Kier alpha value is -2.33. The van der Waals surface area contributed by atoms with Crippen LogP contribution in [0.2, 0.25) is 0 Å².